The molecule has 0 unspecified atom stereocenters. The Morgan fingerprint density at radius 1 is 1.26 bits per heavy atom. The minimum atomic E-state index is 0.325. The third-order valence-electron chi connectivity index (χ3n) is 2.81. The molecular weight excluding hydrogens is 240 g/mol. The monoisotopic (exact) mass is 256 g/mol. The lowest BCUT2D eigenvalue weighted by Crippen LogP contribution is -2.04. The Hall–Kier alpha value is -2.36. The first-order valence-corrected chi connectivity index (χ1v) is 6.08. The maximum atomic E-state index is 10.6. The number of anilines is 1. The molecule has 1 N–H and O–H groups in total. The predicted molar refractivity (Wildman–Crippen MR) is 74.3 cm³/mol. The second kappa shape index (κ2) is 6.54. The molecule has 0 aliphatic carbocycles. The van der Waals surface area contributed by atoms with Gasteiger partial charge in [-0.15, -0.1) is 0 Å². The fourth-order valence-electron chi connectivity index (χ4n) is 1.78. The average Bonchev–Trinajstić information content (AvgIpc) is 2.47. The highest BCUT2D eigenvalue weighted by Gasteiger charge is 2.02. The Labute approximate surface area is 112 Å². The van der Waals surface area contributed by atoms with Gasteiger partial charge < -0.3 is 14.8 Å². The maximum Gasteiger partial charge on any atom is 0.126 e. The number of nitrogens with zero attached hydrogens (tertiary/aromatic N) is 1. The molecule has 2 aromatic rings. The van der Waals surface area contributed by atoms with Gasteiger partial charge in [0.2, 0.25) is 0 Å². The third kappa shape index (κ3) is 3.55. The number of hydrogen-bond acceptors (Lipinski definition) is 4. The van der Waals surface area contributed by atoms with Crippen LogP contribution in [0.25, 0.3) is 0 Å². The van der Waals surface area contributed by atoms with Gasteiger partial charge in [0.25, 0.3) is 0 Å². The number of hydrogen-bond donors (Lipinski definition) is 1. The molecule has 0 atom stereocenters. The van der Waals surface area contributed by atoms with Gasteiger partial charge in [0, 0.05) is 19.2 Å². The molecule has 4 nitrogen and oxygen atoms in total. The van der Waals surface area contributed by atoms with Crippen LogP contribution in [-0.2, 0) is 17.8 Å². The maximum absolute atomic E-state index is 10.6. The Bertz CT molecular complexity index is 538. The summed E-state index contributed by atoms with van der Waals surface area (Å²) in [7, 11) is 1.65. The highest BCUT2D eigenvalue weighted by Crippen LogP contribution is 2.15. The van der Waals surface area contributed by atoms with Gasteiger partial charge in [-0.05, 0) is 29.8 Å². The van der Waals surface area contributed by atoms with Gasteiger partial charge in [-0.25, -0.2) is 0 Å². The zero-order chi connectivity index (χ0) is 13.5. The van der Waals surface area contributed by atoms with E-state index in [1.807, 2.05) is 36.4 Å². The molecular formula is C15H16N2O2. The van der Waals surface area contributed by atoms with Crippen LogP contribution < -0.4 is 10.1 Å². The van der Waals surface area contributed by atoms with Crippen LogP contribution in [0.2, 0.25) is 0 Å². The first-order chi connectivity index (χ1) is 9.33. The van der Waals surface area contributed by atoms with Crippen molar-refractivity contribution in [3.05, 3.63) is 53.9 Å². The summed E-state index contributed by atoms with van der Waals surface area (Å²) in [6, 6.07) is 11.6. The Morgan fingerprint density at radius 2 is 2.05 bits per heavy atom. The zero-order valence-electron chi connectivity index (χ0n) is 10.8. The smallest absolute Gasteiger partial charge is 0.126 e. The highest BCUT2D eigenvalue weighted by atomic mass is 16.5. The van der Waals surface area contributed by atoms with Crippen molar-refractivity contribution in [2.24, 2.45) is 0 Å². The van der Waals surface area contributed by atoms with Gasteiger partial charge in [0.1, 0.15) is 12.0 Å². The van der Waals surface area contributed by atoms with Crippen LogP contribution in [0.15, 0.2) is 42.6 Å². The number of aromatic nitrogens is 1. The van der Waals surface area contributed by atoms with Crippen LogP contribution in [0.4, 0.5) is 5.69 Å². The molecule has 1 aromatic heterocycles. The number of pyridine rings is 1. The van der Waals surface area contributed by atoms with Crippen LogP contribution in [0.5, 0.6) is 5.75 Å². The van der Waals surface area contributed by atoms with Gasteiger partial charge >= 0.3 is 0 Å². The number of nitrogens with one attached hydrogen (secondary N) is 1. The van der Waals surface area contributed by atoms with Gasteiger partial charge in [0.05, 0.1) is 18.5 Å². The third-order valence-corrected chi connectivity index (χ3v) is 2.81. The van der Waals surface area contributed by atoms with Gasteiger partial charge in [0.15, 0.2) is 0 Å². The molecule has 1 aromatic carbocycles. The number of rotatable bonds is 6. The summed E-state index contributed by atoms with van der Waals surface area (Å²) in [5, 5.41) is 3.29. The van der Waals surface area contributed by atoms with E-state index in [0.717, 1.165) is 29.0 Å². The number of carbonyl (C=O) groups is 1. The summed E-state index contributed by atoms with van der Waals surface area (Å²) in [4.78, 5) is 14.8. The minimum Gasteiger partial charge on any atom is -0.497 e. The molecule has 1 heterocycles. The van der Waals surface area contributed by atoms with Gasteiger partial charge in [-0.1, -0.05) is 12.1 Å². The van der Waals surface area contributed by atoms with Crippen LogP contribution >= 0.6 is 0 Å². The van der Waals surface area contributed by atoms with E-state index in [0.29, 0.717) is 13.0 Å². The van der Waals surface area contributed by atoms with Crippen molar-refractivity contribution >= 4 is 12.0 Å². The molecule has 0 aliphatic rings. The molecule has 2 rings (SSSR count). The molecule has 4 heteroatoms. The van der Waals surface area contributed by atoms with Crippen molar-refractivity contribution in [1.29, 1.82) is 0 Å². The predicted octanol–water partition coefficient (Wildman–Crippen LogP) is 2.44. The van der Waals surface area contributed by atoms with E-state index >= 15 is 0 Å². The van der Waals surface area contributed by atoms with E-state index in [2.05, 4.69) is 10.3 Å². The van der Waals surface area contributed by atoms with Crippen molar-refractivity contribution in [2.75, 3.05) is 12.4 Å². The quantitative estimate of drug-likeness (QED) is 0.806. The largest absolute Gasteiger partial charge is 0.497 e. The number of aldehydes is 1. The van der Waals surface area contributed by atoms with Crippen LogP contribution in [0.3, 0.4) is 0 Å². The lowest BCUT2D eigenvalue weighted by atomic mass is 10.2. The molecule has 0 amide bonds. The number of methoxy groups -OCH3 is 1. The van der Waals surface area contributed by atoms with Crippen molar-refractivity contribution in [3.63, 3.8) is 0 Å². The van der Waals surface area contributed by atoms with E-state index in [1.54, 1.807) is 13.3 Å². The first kappa shape index (κ1) is 13.1. The number of benzene rings is 1. The standard InChI is InChI=1S/C15H16N2O2/c1-19-13-6-4-12(5-7-13)11-17-14-3-2-9-16-15(14)8-10-18/h2-7,9-10,17H,8,11H2,1H3. The number of carbonyl (C=O) groups excluding carboxylic acids is 1. The zero-order valence-corrected chi connectivity index (χ0v) is 10.8. The van der Waals surface area contributed by atoms with Crippen molar-refractivity contribution in [2.45, 2.75) is 13.0 Å². The normalized spacial score (nSPS) is 9.95. The van der Waals surface area contributed by atoms with Crippen LogP contribution in [0.1, 0.15) is 11.3 Å². The summed E-state index contributed by atoms with van der Waals surface area (Å²) in [5.74, 6) is 0.840. The lowest BCUT2D eigenvalue weighted by molar-refractivity contribution is -0.107. The number of ether oxygens (including phenoxy) is 1. The SMILES string of the molecule is COc1ccc(CNc2cccnc2CC=O)cc1. The van der Waals surface area contributed by atoms with Gasteiger partial charge in [-0.2, -0.15) is 0 Å². The fraction of sp³-hybridized carbons (Fsp3) is 0.200. The van der Waals surface area contributed by atoms with E-state index in [1.165, 1.54) is 0 Å². The molecule has 0 radical (unpaired) electrons. The first-order valence-electron chi connectivity index (χ1n) is 6.08. The fourth-order valence-corrected chi connectivity index (χ4v) is 1.78. The molecule has 19 heavy (non-hydrogen) atoms. The van der Waals surface area contributed by atoms with E-state index in [-0.39, 0.29) is 0 Å². The lowest BCUT2D eigenvalue weighted by Gasteiger charge is -2.10. The Balaban J connectivity index is 2.03. The van der Waals surface area contributed by atoms with E-state index < -0.39 is 0 Å². The molecule has 0 aliphatic heterocycles. The van der Waals surface area contributed by atoms with Gasteiger partial charge in [-0.3, -0.25) is 4.98 Å². The summed E-state index contributed by atoms with van der Waals surface area (Å²) in [5.41, 5.74) is 2.80. The van der Waals surface area contributed by atoms with E-state index in [9.17, 15) is 4.79 Å². The topological polar surface area (TPSA) is 51.2 Å². The van der Waals surface area contributed by atoms with Crippen molar-refractivity contribution in [3.8, 4) is 5.75 Å². The Morgan fingerprint density at radius 3 is 2.74 bits per heavy atom. The molecule has 0 fully saturated rings. The van der Waals surface area contributed by atoms with Crippen LogP contribution in [0, 0.1) is 0 Å². The summed E-state index contributed by atoms with van der Waals surface area (Å²) >= 11 is 0. The minimum absolute atomic E-state index is 0.325. The summed E-state index contributed by atoms with van der Waals surface area (Å²) < 4.78 is 5.11. The van der Waals surface area contributed by atoms with E-state index in [4.69, 9.17) is 4.74 Å². The molecule has 0 bridgehead atoms. The summed E-state index contributed by atoms with van der Waals surface area (Å²) in [6.07, 6.45) is 2.88. The highest BCUT2D eigenvalue weighted by molar-refractivity contribution is 5.60. The second-order valence-corrected chi connectivity index (χ2v) is 4.07. The van der Waals surface area contributed by atoms with Crippen LogP contribution in [-0.4, -0.2) is 18.4 Å². The second-order valence-electron chi connectivity index (χ2n) is 4.07. The molecule has 0 saturated heterocycles. The summed E-state index contributed by atoms with van der Waals surface area (Å²) in [6.45, 7) is 0.682. The van der Waals surface area contributed by atoms with Crippen molar-refractivity contribution in [1.82, 2.24) is 4.98 Å². The molecule has 0 saturated carbocycles. The molecule has 0 spiro atoms. The Kier molecular flexibility index (Phi) is 4.50. The average molecular weight is 256 g/mol. The molecule has 98 valence electrons. The van der Waals surface area contributed by atoms with Crippen molar-refractivity contribution < 1.29 is 9.53 Å².